The predicted molar refractivity (Wildman–Crippen MR) is 74.9 cm³/mol. The van der Waals surface area contributed by atoms with Crippen molar-refractivity contribution in [3.8, 4) is 0 Å². The largest absolute Gasteiger partial charge is 0.398 e. The zero-order valence-electron chi connectivity index (χ0n) is 11.4. The van der Waals surface area contributed by atoms with Crippen molar-refractivity contribution in [1.82, 2.24) is 4.72 Å². The molecule has 5 heteroatoms. The fraction of sp³-hybridized carbons (Fsp3) is 0.538. The third-order valence-electron chi connectivity index (χ3n) is 2.74. The summed E-state index contributed by atoms with van der Waals surface area (Å²) in [4.78, 5) is 0.150. The average Bonchev–Trinajstić information content (AvgIpc) is 2.14. The maximum absolute atomic E-state index is 12.3. The molecule has 1 rings (SSSR count). The Labute approximate surface area is 110 Å². The van der Waals surface area contributed by atoms with Gasteiger partial charge in [-0.05, 0) is 44.9 Å². The minimum atomic E-state index is -3.56. The molecule has 0 aliphatic rings. The smallest absolute Gasteiger partial charge is 0.243 e. The highest BCUT2D eigenvalue weighted by Gasteiger charge is 2.26. The first kappa shape index (κ1) is 15.0. The van der Waals surface area contributed by atoms with Crippen LogP contribution < -0.4 is 10.5 Å². The first-order valence-corrected chi connectivity index (χ1v) is 7.56. The summed E-state index contributed by atoms with van der Waals surface area (Å²) < 4.78 is 27.2. The van der Waals surface area contributed by atoms with Crippen LogP contribution in [-0.4, -0.2) is 14.0 Å². The van der Waals surface area contributed by atoms with Crippen molar-refractivity contribution in [2.75, 3.05) is 5.73 Å². The third kappa shape index (κ3) is 3.71. The van der Waals surface area contributed by atoms with E-state index >= 15 is 0 Å². The zero-order chi connectivity index (χ0) is 14.0. The number of aryl methyl sites for hydroxylation is 1. The number of sulfonamides is 1. The number of hydrogen-bond donors (Lipinski definition) is 2. The molecular formula is C13H22N2O2S. The lowest BCUT2D eigenvalue weighted by atomic mass is 10.0. The number of nitrogens with one attached hydrogen (secondary N) is 1. The SMILES string of the molecule is CCCC(C)(C)NS(=O)(=O)c1ccc(C)cc1N. The van der Waals surface area contributed by atoms with Gasteiger partial charge in [-0.25, -0.2) is 13.1 Å². The van der Waals surface area contributed by atoms with Crippen LogP contribution in [0.3, 0.4) is 0 Å². The van der Waals surface area contributed by atoms with E-state index in [4.69, 9.17) is 5.73 Å². The molecule has 18 heavy (non-hydrogen) atoms. The molecule has 1 aromatic carbocycles. The van der Waals surface area contributed by atoms with Crippen LogP contribution in [0, 0.1) is 6.92 Å². The summed E-state index contributed by atoms with van der Waals surface area (Å²) in [5, 5.41) is 0. The highest BCUT2D eigenvalue weighted by Crippen LogP contribution is 2.22. The molecule has 0 aliphatic carbocycles. The van der Waals surface area contributed by atoms with Gasteiger partial charge in [0.15, 0.2) is 0 Å². The van der Waals surface area contributed by atoms with E-state index in [-0.39, 0.29) is 10.6 Å². The van der Waals surface area contributed by atoms with Gasteiger partial charge in [0.2, 0.25) is 10.0 Å². The summed E-state index contributed by atoms with van der Waals surface area (Å²) in [6.45, 7) is 7.65. The first-order chi connectivity index (χ1) is 8.18. The Morgan fingerprint density at radius 2 is 1.94 bits per heavy atom. The Morgan fingerprint density at radius 1 is 1.33 bits per heavy atom. The Morgan fingerprint density at radius 3 is 2.44 bits per heavy atom. The molecule has 0 fully saturated rings. The predicted octanol–water partition coefficient (Wildman–Crippen LogP) is 2.43. The van der Waals surface area contributed by atoms with Crippen molar-refractivity contribution in [1.29, 1.82) is 0 Å². The number of nitrogens with two attached hydrogens (primary N) is 1. The second-order valence-corrected chi connectivity index (χ2v) is 6.93. The van der Waals surface area contributed by atoms with E-state index in [1.807, 2.05) is 27.7 Å². The molecule has 0 heterocycles. The average molecular weight is 270 g/mol. The third-order valence-corrected chi connectivity index (χ3v) is 4.51. The Bertz CT molecular complexity index is 522. The number of hydrogen-bond acceptors (Lipinski definition) is 3. The van der Waals surface area contributed by atoms with Crippen LogP contribution in [0.15, 0.2) is 23.1 Å². The van der Waals surface area contributed by atoms with Gasteiger partial charge in [-0.1, -0.05) is 19.4 Å². The molecule has 0 saturated heterocycles. The molecule has 3 N–H and O–H groups in total. The second kappa shape index (κ2) is 5.28. The molecular weight excluding hydrogens is 248 g/mol. The van der Waals surface area contributed by atoms with Gasteiger partial charge in [0.25, 0.3) is 0 Å². The van der Waals surface area contributed by atoms with Gasteiger partial charge in [0.05, 0.1) is 5.69 Å². The highest BCUT2D eigenvalue weighted by atomic mass is 32.2. The summed E-state index contributed by atoms with van der Waals surface area (Å²) in [6.07, 6.45) is 1.69. The molecule has 0 unspecified atom stereocenters. The number of nitrogen functional groups attached to an aromatic ring is 1. The van der Waals surface area contributed by atoms with Gasteiger partial charge in [0.1, 0.15) is 4.90 Å². The van der Waals surface area contributed by atoms with Crippen LogP contribution in [0.2, 0.25) is 0 Å². The topological polar surface area (TPSA) is 72.2 Å². The summed E-state index contributed by atoms with van der Waals surface area (Å²) in [6, 6.07) is 4.97. The lowest BCUT2D eigenvalue weighted by Crippen LogP contribution is -2.43. The number of rotatable bonds is 5. The number of benzene rings is 1. The minimum absolute atomic E-state index is 0.150. The molecule has 0 aliphatic heterocycles. The van der Waals surface area contributed by atoms with Crippen molar-refractivity contribution in [2.24, 2.45) is 0 Å². The maximum atomic E-state index is 12.3. The van der Waals surface area contributed by atoms with E-state index in [0.29, 0.717) is 0 Å². The van der Waals surface area contributed by atoms with Crippen LogP contribution in [0.4, 0.5) is 5.69 Å². The summed E-state index contributed by atoms with van der Waals surface area (Å²) >= 11 is 0. The van der Waals surface area contributed by atoms with Crippen LogP contribution in [0.25, 0.3) is 0 Å². The monoisotopic (exact) mass is 270 g/mol. The molecule has 0 bridgehead atoms. The van der Waals surface area contributed by atoms with Gasteiger partial charge in [0, 0.05) is 5.54 Å². The normalized spacial score (nSPS) is 12.7. The Hall–Kier alpha value is -1.07. The lowest BCUT2D eigenvalue weighted by Gasteiger charge is -2.25. The van der Waals surface area contributed by atoms with Crippen LogP contribution in [0.5, 0.6) is 0 Å². The molecule has 4 nitrogen and oxygen atoms in total. The second-order valence-electron chi connectivity index (χ2n) is 5.28. The molecule has 0 radical (unpaired) electrons. The van der Waals surface area contributed by atoms with E-state index in [1.165, 1.54) is 0 Å². The summed E-state index contributed by atoms with van der Waals surface area (Å²) in [5.41, 5.74) is 6.54. The van der Waals surface area contributed by atoms with E-state index in [0.717, 1.165) is 18.4 Å². The lowest BCUT2D eigenvalue weighted by molar-refractivity contribution is 0.418. The summed E-state index contributed by atoms with van der Waals surface area (Å²) in [7, 11) is -3.56. The van der Waals surface area contributed by atoms with Crippen molar-refractivity contribution in [3.63, 3.8) is 0 Å². The van der Waals surface area contributed by atoms with Crippen molar-refractivity contribution < 1.29 is 8.42 Å². The van der Waals surface area contributed by atoms with Gasteiger partial charge < -0.3 is 5.73 Å². The van der Waals surface area contributed by atoms with Gasteiger partial charge in [-0.2, -0.15) is 0 Å². The summed E-state index contributed by atoms with van der Waals surface area (Å²) in [5.74, 6) is 0. The maximum Gasteiger partial charge on any atom is 0.243 e. The molecule has 0 spiro atoms. The van der Waals surface area contributed by atoms with E-state index in [2.05, 4.69) is 4.72 Å². The minimum Gasteiger partial charge on any atom is -0.398 e. The molecule has 0 atom stereocenters. The van der Waals surface area contributed by atoms with Crippen molar-refractivity contribution in [2.45, 2.75) is 51.0 Å². The van der Waals surface area contributed by atoms with E-state index in [9.17, 15) is 8.42 Å². The van der Waals surface area contributed by atoms with Crippen molar-refractivity contribution >= 4 is 15.7 Å². The molecule has 0 amide bonds. The fourth-order valence-electron chi connectivity index (χ4n) is 2.01. The van der Waals surface area contributed by atoms with Gasteiger partial charge >= 0.3 is 0 Å². The van der Waals surface area contributed by atoms with E-state index < -0.39 is 15.6 Å². The van der Waals surface area contributed by atoms with Gasteiger partial charge in [-0.3, -0.25) is 0 Å². The van der Waals surface area contributed by atoms with Gasteiger partial charge in [-0.15, -0.1) is 0 Å². The molecule has 102 valence electrons. The highest BCUT2D eigenvalue weighted by molar-refractivity contribution is 7.89. The zero-order valence-corrected chi connectivity index (χ0v) is 12.3. The van der Waals surface area contributed by atoms with Crippen LogP contribution in [0.1, 0.15) is 39.2 Å². The Balaban J connectivity index is 3.07. The molecule has 0 aromatic heterocycles. The number of anilines is 1. The quantitative estimate of drug-likeness (QED) is 0.807. The van der Waals surface area contributed by atoms with Crippen molar-refractivity contribution in [3.05, 3.63) is 23.8 Å². The molecule has 1 aromatic rings. The Kier molecular flexibility index (Phi) is 4.40. The fourth-order valence-corrected chi connectivity index (χ4v) is 3.56. The first-order valence-electron chi connectivity index (χ1n) is 6.08. The van der Waals surface area contributed by atoms with E-state index in [1.54, 1.807) is 18.2 Å². The molecule has 0 saturated carbocycles. The van der Waals surface area contributed by atoms with Crippen LogP contribution in [-0.2, 0) is 10.0 Å². The van der Waals surface area contributed by atoms with Crippen LogP contribution >= 0.6 is 0 Å². The standard InChI is InChI=1S/C13H22N2O2S/c1-5-8-13(3,4)15-18(16,17)12-7-6-10(2)9-11(12)14/h6-7,9,15H,5,8,14H2,1-4H3.